The molecule has 0 aliphatic carbocycles. The third kappa shape index (κ3) is 3.73. The van der Waals surface area contributed by atoms with Gasteiger partial charge >= 0.3 is 0 Å². The number of hydrogen-bond donors (Lipinski definition) is 2. The molecule has 3 saturated heterocycles. The molecule has 0 unspecified atom stereocenters. The van der Waals surface area contributed by atoms with Crippen LogP contribution < -0.4 is 5.32 Å². The number of amides is 2. The Balaban J connectivity index is 1.36. The van der Waals surface area contributed by atoms with Crippen LogP contribution in [0.3, 0.4) is 0 Å². The van der Waals surface area contributed by atoms with Crippen molar-refractivity contribution in [3.8, 4) is 0 Å². The molecule has 3 fully saturated rings. The largest absolute Gasteiger partial charge is 0.391 e. The van der Waals surface area contributed by atoms with Gasteiger partial charge in [0.05, 0.1) is 24.1 Å². The zero-order valence-corrected chi connectivity index (χ0v) is 15.8. The summed E-state index contributed by atoms with van der Waals surface area (Å²) in [6, 6.07) is 9.29. The van der Waals surface area contributed by atoms with Crippen LogP contribution in [0, 0.1) is 5.41 Å². The summed E-state index contributed by atoms with van der Waals surface area (Å²) in [5.41, 5.74) is 0.390. The lowest BCUT2D eigenvalue weighted by Crippen LogP contribution is -2.58. The molecular formula is C21H29N3O3. The molecule has 1 aromatic rings. The smallest absolute Gasteiger partial charge is 0.236 e. The summed E-state index contributed by atoms with van der Waals surface area (Å²) in [6.07, 6.45) is 3.48. The standard InChI is InChI=1S/C21H29N3O3/c25-17-14-21(20(27)22-19(17)16-6-2-1-3-7-16)8-12-24(13-9-21)18(26)15-23-10-4-5-11-23/h1-3,6-7,17,19,25H,4-5,8-15H2,(H,22,27)/t17-,19+/m1/s1. The van der Waals surface area contributed by atoms with E-state index in [-0.39, 0.29) is 17.9 Å². The Kier molecular flexibility index (Phi) is 5.19. The average molecular weight is 371 g/mol. The second-order valence-corrected chi connectivity index (χ2v) is 8.28. The normalized spacial score (nSPS) is 28.3. The van der Waals surface area contributed by atoms with E-state index in [0.717, 1.165) is 18.7 Å². The van der Waals surface area contributed by atoms with Crippen LogP contribution in [-0.4, -0.2) is 65.5 Å². The van der Waals surface area contributed by atoms with Crippen molar-refractivity contribution in [1.29, 1.82) is 0 Å². The average Bonchev–Trinajstić information content (AvgIpc) is 3.19. The van der Waals surface area contributed by atoms with E-state index in [0.29, 0.717) is 38.9 Å². The molecule has 2 atom stereocenters. The highest BCUT2D eigenvalue weighted by atomic mass is 16.3. The molecule has 0 bridgehead atoms. The molecule has 0 radical (unpaired) electrons. The molecule has 1 aromatic carbocycles. The van der Waals surface area contributed by atoms with Gasteiger partial charge in [-0.25, -0.2) is 0 Å². The third-order valence-electron chi connectivity index (χ3n) is 6.54. The molecule has 3 aliphatic heterocycles. The van der Waals surface area contributed by atoms with E-state index < -0.39 is 11.5 Å². The zero-order chi connectivity index (χ0) is 18.9. The van der Waals surface area contributed by atoms with Gasteiger partial charge in [0.2, 0.25) is 11.8 Å². The maximum absolute atomic E-state index is 12.9. The summed E-state index contributed by atoms with van der Waals surface area (Å²) in [4.78, 5) is 29.6. The summed E-state index contributed by atoms with van der Waals surface area (Å²) in [6.45, 7) is 3.72. The molecule has 2 amide bonds. The molecule has 0 aromatic heterocycles. The Morgan fingerprint density at radius 2 is 1.78 bits per heavy atom. The molecule has 3 aliphatic rings. The van der Waals surface area contributed by atoms with E-state index in [2.05, 4.69) is 10.2 Å². The lowest BCUT2D eigenvalue weighted by Gasteiger charge is -2.46. The Labute approximate surface area is 160 Å². The lowest BCUT2D eigenvalue weighted by molar-refractivity contribution is -0.148. The predicted octanol–water partition coefficient (Wildman–Crippen LogP) is 1.31. The summed E-state index contributed by atoms with van der Waals surface area (Å²) >= 11 is 0. The number of benzene rings is 1. The van der Waals surface area contributed by atoms with Gasteiger partial charge in [-0.1, -0.05) is 30.3 Å². The second-order valence-electron chi connectivity index (χ2n) is 8.28. The van der Waals surface area contributed by atoms with Crippen molar-refractivity contribution < 1.29 is 14.7 Å². The summed E-state index contributed by atoms with van der Waals surface area (Å²) in [7, 11) is 0. The van der Waals surface area contributed by atoms with Gasteiger partial charge in [0.25, 0.3) is 0 Å². The van der Waals surface area contributed by atoms with Gasteiger partial charge < -0.3 is 15.3 Å². The fourth-order valence-corrected chi connectivity index (χ4v) is 4.81. The molecular weight excluding hydrogens is 342 g/mol. The third-order valence-corrected chi connectivity index (χ3v) is 6.54. The van der Waals surface area contributed by atoms with Crippen LogP contribution in [0.4, 0.5) is 0 Å². The highest BCUT2D eigenvalue weighted by Crippen LogP contribution is 2.42. The van der Waals surface area contributed by atoms with Gasteiger partial charge in [0.15, 0.2) is 0 Å². The van der Waals surface area contributed by atoms with Crippen molar-refractivity contribution >= 4 is 11.8 Å². The van der Waals surface area contributed by atoms with E-state index >= 15 is 0 Å². The second kappa shape index (κ2) is 7.60. The highest BCUT2D eigenvalue weighted by Gasteiger charge is 2.49. The maximum Gasteiger partial charge on any atom is 0.236 e. The first kappa shape index (κ1) is 18.4. The molecule has 3 heterocycles. The number of rotatable bonds is 3. The number of nitrogens with one attached hydrogen (secondary N) is 1. The van der Waals surface area contributed by atoms with E-state index in [1.807, 2.05) is 35.2 Å². The van der Waals surface area contributed by atoms with Crippen LogP contribution in [0.15, 0.2) is 30.3 Å². The first-order valence-corrected chi connectivity index (χ1v) is 10.1. The van der Waals surface area contributed by atoms with Gasteiger partial charge in [0.1, 0.15) is 0 Å². The van der Waals surface area contributed by atoms with Crippen LogP contribution in [0.5, 0.6) is 0 Å². The van der Waals surface area contributed by atoms with E-state index in [1.54, 1.807) is 0 Å². The number of carbonyl (C=O) groups is 2. The van der Waals surface area contributed by atoms with Gasteiger partial charge in [-0.15, -0.1) is 0 Å². The van der Waals surface area contributed by atoms with Crippen molar-refractivity contribution in [3.05, 3.63) is 35.9 Å². The lowest BCUT2D eigenvalue weighted by atomic mass is 9.69. The molecule has 2 N–H and O–H groups in total. The number of aliphatic hydroxyl groups is 1. The fourth-order valence-electron chi connectivity index (χ4n) is 4.81. The van der Waals surface area contributed by atoms with Crippen LogP contribution in [-0.2, 0) is 9.59 Å². The highest BCUT2D eigenvalue weighted by molar-refractivity contribution is 5.85. The van der Waals surface area contributed by atoms with Crippen molar-refractivity contribution in [2.24, 2.45) is 5.41 Å². The van der Waals surface area contributed by atoms with Gasteiger partial charge in [0, 0.05) is 13.1 Å². The first-order valence-electron chi connectivity index (χ1n) is 10.1. The van der Waals surface area contributed by atoms with Crippen molar-refractivity contribution in [2.75, 3.05) is 32.7 Å². The Hall–Kier alpha value is -1.92. The number of carbonyl (C=O) groups excluding carboxylic acids is 2. The number of nitrogens with zero attached hydrogens (tertiary/aromatic N) is 2. The SMILES string of the molecule is O=C(CN1CCCC1)N1CCC2(CC1)C[C@@H](O)[C@H](c1ccccc1)NC2=O. The number of aliphatic hydroxyl groups excluding tert-OH is 1. The summed E-state index contributed by atoms with van der Waals surface area (Å²) in [5.74, 6) is 0.193. The number of likely N-dealkylation sites (tertiary alicyclic amines) is 2. The Bertz CT molecular complexity index is 679. The van der Waals surface area contributed by atoms with Gasteiger partial charge in [-0.3, -0.25) is 14.5 Å². The zero-order valence-electron chi connectivity index (χ0n) is 15.8. The van der Waals surface area contributed by atoms with Gasteiger partial charge in [-0.2, -0.15) is 0 Å². The predicted molar refractivity (Wildman–Crippen MR) is 102 cm³/mol. The van der Waals surface area contributed by atoms with Crippen LogP contribution in [0.25, 0.3) is 0 Å². The molecule has 6 heteroatoms. The monoisotopic (exact) mass is 371 g/mol. The summed E-state index contributed by atoms with van der Waals surface area (Å²) < 4.78 is 0. The number of piperidine rings is 2. The molecule has 4 rings (SSSR count). The number of hydrogen-bond acceptors (Lipinski definition) is 4. The van der Waals surface area contributed by atoms with E-state index in [1.165, 1.54) is 12.8 Å². The topological polar surface area (TPSA) is 72.9 Å². The minimum Gasteiger partial charge on any atom is -0.391 e. The Morgan fingerprint density at radius 3 is 2.44 bits per heavy atom. The van der Waals surface area contributed by atoms with Crippen molar-refractivity contribution in [3.63, 3.8) is 0 Å². The maximum atomic E-state index is 12.9. The first-order chi connectivity index (χ1) is 13.1. The van der Waals surface area contributed by atoms with Gasteiger partial charge in [-0.05, 0) is 50.8 Å². The molecule has 1 spiro atoms. The van der Waals surface area contributed by atoms with E-state index in [4.69, 9.17) is 0 Å². The fraction of sp³-hybridized carbons (Fsp3) is 0.619. The van der Waals surface area contributed by atoms with E-state index in [9.17, 15) is 14.7 Å². The molecule has 0 saturated carbocycles. The van der Waals surface area contributed by atoms with Crippen molar-refractivity contribution in [1.82, 2.24) is 15.1 Å². The van der Waals surface area contributed by atoms with Crippen LogP contribution >= 0.6 is 0 Å². The Morgan fingerprint density at radius 1 is 1.11 bits per heavy atom. The minimum absolute atomic E-state index is 0.0216. The molecule has 6 nitrogen and oxygen atoms in total. The molecule has 146 valence electrons. The molecule has 27 heavy (non-hydrogen) atoms. The van der Waals surface area contributed by atoms with Crippen LogP contribution in [0.1, 0.15) is 43.7 Å². The van der Waals surface area contributed by atoms with Crippen LogP contribution in [0.2, 0.25) is 0 Å². The minimum atomic E-state index is -0.600. The quantitative estimate of drug-likeness (QED) is 0.840. The van der Waals surface area contributed by atoms with Crippen molar-refractivity contribution in [2.45, 2.75) is 44.2 Å². The summed E-state index contributed by atoms with van der Waals surface area (Å²) in [5, 5.41) is 13.8.